The smallest absolute Gasteiger partial charge is 0.276 e. The molecule has 1 amide bonds. The molecule has 0 fully saturated rings. The molecule has 6 heterocycles. The number of amides is 1. The van der Waals surface area contributed by atoms with Gasteiger partial charge in [0.15, 0.2) is 5.82 Å². The predicted octanol–water partition coefficient (Wildman–Crippen LogP) is 3.82. The fourth-order valence-electron chi connectivity index (χ4n) is 6.41. The highest BCUT2D eigenvalue weighted by Gasteiger charge is 2.32. The number of carbonyl (C=O) groups excluding carboxylic acids is 1. The highest BCUT2D eigenvalue weighted by molar-refractivity contribution is 6.06. The van der Waals surface area contributed by atoms with Crippen LogP contribution in [0.1, 0.15) is 52.8 Å². The molecule has 4 aromatic rings. The van der Waals surface area contributed by atoms with Crippen molar-refractivity contribution in [2.45, 2.75) is 58.7 Å². The third kappa shape index (κ3) is 4.05. The van der Waals surface area contributed by atoms with Crippen molar-refractivity contribution < 1.29 is 9.53 Å². The standard InChI is InChI=1S/C30H33N7O3/c1-3-22-23(20-14-24(29(38)34(2)17-20)32-27-16-21-18-40-13-12-37(21)33-27)8-9-31-28(22)36-11-10-35-25-7-5-4-6-19(25)15-26(35)30(36)39/h8-9,14-17H,3-7,10-13,18H2,1-2H3,(H,32,33). The fraction of sp³-hybridized carbons (Fsp3) is 0.400. The summed E-state index contributed by atoms with van der Waals surface area (Å²) in [7, 11) is 1.75. The third-order valence-corrected chi connectivity index (χ3v) is 8.38. The highest BCUT2D eigenvalue weighted by atomic mass is 16.5. The van der Waals surface area contributed by atoms with Crippen LogP contribution < -0.4 is 15.8 Å². The van der Waals surface area contributed by atoms with E-state index in [1.54, 1.807) is 17.8 Å². The van der Waals surface area contributed by atoms with Crippen LogP contribution in [-0.2, 0) is 50.7 Å². The molecular weight excluding hydrogens is 506 g/mol. The van der Waals surface area contributed by atoms with Crippen LogP contribution in [0.4, 0.5) is 17.3 Å². The van der Waals surface area contributed by atoms with Gasteiger partial charge in [-0.05, 0) is 61.4 Å². The summed E-state index contributed by atoms with van der Waals surface area (Å²) in [6.07, 6.45) is 8.77. The van der Waals surface area contributed by atoms with Gasteiger partial charge >= 0.3 is 0 Å². The molecule has 10 nitrogen and oxygen atoms in total. The third-order valence-electron chi connectivity index (χ3n) is 8.38. The highest BCUT2D eigenvalue weighted by Crippen LogP contribution is 2.34. The van der Waals surface area contributed by atoms with Crippen molar-refractivity contribution in [1.82, 2.24) is 23.9 Å². The molecule has 0 saturated carbocycles. The number of aromatic nitrogens is 5. The molecule has 0 bridgehead atoms. The second-order valence-corrected chi connectivity index (χ2v) is 10.8. The molecule has 0 radical (unpaired) electrons. The van der Waals surface area contributed by atoms with Crippen molar-refractivity contribution in [1.29, 1.82) is 0 Å². The Morgan fingerprint density at radius 2 is 1.95 bits per heavy atom. The maximum atomic E-state index is 13.8. The summed E-state index contributed by atoms with van der Waals surface area (Å²) in [6.45, 7) is 5.28. The zero-order valence-electron chi connectivity index (χ0n) is 22.9. The van der Waals surface area contributed by atoms with Crippen LogP contribution in [0.25, 0.3) is 11.1 Å². The molecule has 0 saturated heterocycles. The van der Waals surface area contributed by atoms with Crippen molar-refractivity contribution in [3.8, 4) is 11.1 Å². The van der Waals surface area contributed by atoms with Crippen molar-refractivity contribution in [3.63, 3.8) is 0 Å². The Labute approximate surface area is 232 Å². The molecule has 1 N–H and O–H groups in total. The van der Waals surface area contributed by atoms with Crippen molar-refractivity contribution in [3.05, 3.63) is 75.2 Å². The van der Waals surface area contributed by atoms with Gasteiger partial charge in [0.05, 0.1) is 25.5 Å². The Hall–Kier alpha value is -4.18. The van der Waals surface area contributed by atoms with Crippen LogP contribution >= 0.6 is 0 Å². The van der Waals surface area contributed by atoms with Gasteiger partial charge in [-0.1, -0.05) is 6.92 Å². The second-order valence-electron chi connectivity index (χ2n) is 10.8. The zero-order chi connectivity index (χ0) is 27.4. The lowest BCUT2D eigenvalue weighted by Crippen LogP contribution is -2.41. The Kier molecular flexibility index (Phi) is 6.07. The normalized spacial score (nSPS) is 16.4. The van der Waals surface area contributed by atoms with E-state index in [1.807, 2.05) is 34.0 Å². The number of carbonyl (C=O) groups is 1. The number of pyridine rings is 2. The van der Waals surface area contributed by atoms with Crippen LogP contribution in [-0.4, -0.2) is 43.0 Å². The molecule has 0 aromatic carbocycles. The van der Waals surface area contributed by atoms with E-state index < -0.39 is 0 Å². The average molecular weight is 540 g/mol. The number of nitrogens with one attached hydrogen (secondary N) is 1. The molecule has 0 atom stereocenters. The van der Waals surface area contributed by atoms with Crippen LogP contribution in [0.15, 0.2) is 41.5 Å². The molecule has 3 aliphatic rings. The summed E-state index contributed by atoms with van der Waals surface area (Å²) in [6, 6.07) is 7.85. The lowest BCUT2D eigenvalue weighted by molar-refractivity contribution is 0.0801. The van der Waals surface area contributed by atoms with Crippen LogP contribution in [0.5, 0.6) is 0 Å². The van der Waals surface area contributed by atoms with E-state index in [-0.39, 0.29) is 11.5 Å². The second kappa shape index (κ2) is 9.78. The number of aryl methyl sites for hydroxylation is 2. The zero-order valence-corrected chi connectivity index (χ0v) is 22.9. The SMILES string of the molecule is CCc1c(-c2cc(Nc3cc4n(n3)CCOC4)c(=O)n(C)c2)ccnc1N1CCn2c(cc3c2CCCC3)C1=O. The molecule has 1 aliphatic carbocycles. The van der Waals surface area contributed by atoms with E-state index in [1.165, 1.54) is 24.1 Å². The summed E-state index contributed by atoms with van der Waals surface area (Å²) in [4.78, 5) is 33.4. The lowest BCUT2D eigenvalue weighted by atomic mass is 9.98. The number of nitrogens with zero attached hydrogens (tertiary/aromatic N) is 6. The Bertz CT molecular complexity index is 1670. The lowest BCUT2D eigenvalue weighted by Gasteiger charge is -2.31. The van der Waals surface area contributed by atoms with Crippen LogP contribution in [0.2, 0.25) is 0 Å². The number of ether oxygens (including phenoxy) is 1. The van der Waals surface area contributed by atoms with Gasteiger partial charge in [-0.2, -0.15) is 5.10 Å². The number of hydrogen-bond donors (Lipinski definition) is 1. The van der Waals surface area contributed by atoms with Crippen LogP contribution in [0.3, 0.4) is 0 Å². The Morgan fingerprint density at radius 1 is 1.07 bits per heavy atom. The van der Waals surface area contributed by atoms with Gasteiger partial charge < -0.3 is 19.2 Å². The minimum Gasteiger partial charge on any atom is -0.373 e. The van der Waals surface area contributed by atoms with E-state index in [2.05, 4.69) is 28.0 Å². The first-order valence-electron chi connectivity index (χ1n) is 14.2. The maximum absolute atomic E-state index is 13.8. The first kappa shape index (κ1) is 24.8. The quantitative estimate of drug-likeness (QED) is 0.414. The van der Waals surface area contributed by atoms with Gasteiger partial charge in [0.1, 0.15) is 17.2 Å². The largest absolute Gasteiger partial charge is 0.373 e. The van der Waals surface area contributed by atoms with E-state index in [9.17, 15) is 9.59 Å². The Balaban J connectivity index is 1.25. The Morgan fingerprint density at radius 3 is 2.80 bits per heavy atom. The van der Waals surface area contributed by atoms with E-state index in [0.717, 1.165) is 47.5 Å². The number of rotatable bonds is 5. The first-order valence-corrected chi connectivity index (χ1v) is 14.2. The van der Waals surface area contributed by atoms with Gasteiger partial charge in [0, 0.05) is 55.4 Å². The first-order chi connectivity index (χ1) is 19.5. The average Bonchev–Trinajstić information content (AvgIpc) is 3.56. The summed E-state index contributed by atoms with van der Waals surface area (Å²) in [5.74, 6) is 1.32. The van der Waals surface area contributed by atoms with Gasteiger partial charge in [-0.25, -0.2) is 4.98 Å². The monoisotopic (exact) mass is 539 g/mol. The topological polar surface area (TPSA) is 99.2 Å². The summed E-state index contributed by atoms with van der Waals surface area (Å²) < 4.78 is 11.2. The van der Waals surface area contributed by atoms with Crippen molar-refractivity contribution >= 4 is 23.2 Å². The number of fused-ring (bicyclic) bond motifs is 4. The molecule has 4 aromatic heterocycles. The summed E-state index contributed by atoms with van der Waals surface area (Å²) in [5, 5.41) is 7.83. The molecule has 0 unspecified atom stereocenters. The van der Waals surface area contributed by atoms with E-state index in [4.69, 9.17) is 9.72 Å². The predicted molar refractivity (Wildman–Crippen MR) is 152 cm³/mol. The molecule has 10 heteroatoms. The van der Waals surface area contributed by atoms with Crippen molar-refractivity contribution in [2.24, 2.45) is 7.05 Å². The van der Waals surface area contributed by atoms with Crippen molar-refractivity contribution in [2.75, 3.05) is 23.4 Å². The molecular formula is C30H33N7O3. The summed E-state index contributed by atoms with van der Waals surface area (Å²) in [5.41, 5.74) is 7.52. The molecule has 2 aliphatic heterocycles. The number of hydrogen-bond acceptors (Lipinski definition) is 6. The van der Waals surface area contributed by atoms with Crippen LogP contribution in [0, 0.1) is 0 Å². The van der Waals surface area contributed by atoms with Gasteiger partial charge in [0.25, 0.3) is 11.5 Å². The van der Waals surface area contributed by atoms with Gasteiger partial charge in [0.2, 0.25) is 0 Å². The maximum Gasteiger partial charge on any atom is 0.276 e. The molecule has 7 rings (SSSR count). The minimum absolute atomic E-state index is 0.00976. The van der Waals surface area contributed by atoms with E-state index in [0.29, 0.717) is 50.0 Å². The minimum atomic E-state index is -0.144. The van der Waals surface area contributed by atoms with Gasteiger partial charge in [-0.3, -0.25) is 19.2 Å². The molecule has 0 spiro atoms. The fourth-order valence-corrected chi connectivity index (χ4v) is 6.41. The molecule has 206 valence electrons. The number of anilines is 3. The molecule has 40 heavy (non-hydrogen) atoms. The van der Waals surface area contributed by atoms with E-state index >= 15 is 0 Å². The summed E-state index contributed by atoms with van der Waals surface area (Å²) >= 11 is 0. The van der Waals surface area contributed by atoms with Gasteiger partial charge in [-0.15, -0.1) is 0 Å².